The minimum absolute atomic E-state index is 0.0701. The van der Waals surface area contributed by atoms with Crippen molar-refractivity contribution in [3.8, 4) is 34.0 Å². The Hall–Kier alpha value is -6.10. The second kappa shape index (κ2) is 12.0. The van der Waals surface area contributed by atoms with Gasteiger partial charge in [-0.25, -0.2) is 0 Å². The fraction of sp³-hybridized carbons (Fsp3) is 0.0909. The zero-order valence-electron chi connectivity index (χ0n) is 23.8. The number of hydrogen-bond acceptors (Lipinski definition) is 8. The quantitative estimate of drug-likeness (QED) is 0.0997. The number of ether oxygens (including phenoxy) is 2. The van der Waals surface area contributed by atoms with Crippen LogP contribution in [0.3, 0.4) is 0 Å². The molecule has 4 aromatic carbocycles. The van der Waals surface area contributed by atoms with E-state index in [0.717, 1.165) is 0 Å². The number of nitro benzene ring substituents is 2. The number of carbonyl (C=O) groups excluding carboxylic acids is 2. The largest absolute Gasteiger partial charge is 0.497 e. The van der Waals surface area contributed by atoms with E-state index in [4.69, 9.17) is 9.47 Å². The molecule has 11 heteroatoms. The van der Waals surface area contributed by atoms with E-state index in [0.29, 0.717) is 34.0 Å². The van der Waals surface area contributed by atoms with Crippen LogP contribution >= 0.6 is 0 Å². The van der Waals surface area contributed by atoms with Gasteiger partial charge >= 0.3 is 0 Å². The van der Waals surface area contributed by atoms with Gasteiger partial charge in [0.25, 0.3) is 11.4 Å². The van der Waals surface area contributed by atoms with Crippen LogP contribution in [-0.2, 0) is 7.05 Å². The van der Waals surface area contributed by atoms with Crippen LogP contribution in [0.2, 0.25) is 0 Å². The third-order valence-electron chi connectivity index (χ3n) is 7.26. The number of ketones is 2. The van der Waals surface area contributed by atoms with Crippen LogP contribution in [0.4, 0.5) is 11.4 Å². The average molecular weight is 592 g/mol. The highest BCUT2D eigenvalue weighted by atomic mass is 16.6. The van der Waals surface area contributed by atoms with Gasteiger partial charge in [0, 0.05) is 42.4 Å². The second-order valence-corrected chi connectivity index (χ2v) is 9.73. The summed E-state index contributed by atoms with van der Waals surface area (Å²) in [5.41, 5.74) is 2.05. The van der Waals surface area contributed by atoms with E-state index >= 15 is 0 Å². The summed E-state index contributed by atoms with van der Waals surface area (Å²) in [6.45, 7) is 0. The van der Waals surface area contributed by atoms with Crippen molar-refractivity contribution in [3.63, 3.8) is 0 Å². The molecule has 0 spiro atoms. The molecular formula is C33H25N3O8. The predicted octanol–water partition coefficient (Wildman–Crippen LogP) is 6.65. The van der Waals surface area contributed by atoms with Crippen LogP contribution in [0.5, 0.6) is 11.5 Å². The Morgan fingerprint density at radius 3 is 1.25 bits per heavy atom. The van der Waals surface area contributed by atoms with Crippen LogP contribution in [0.15, 0.2) is 97.1 Å². The Labute approximate surface area is 251 Å². The Balaban J connectivity index is 1.84. The first kappa shape index (κ1) is 29.4. The van der Waals surface area contributed by atoms with E-state index in [-0.39, 0.29) is 33.6 Å². The van der Waals surface area contributed by atoms with Crippen LogP contribution in [0.25, 0.3) is 22.5 Å². The zero-order valence-corrected chi connectivity index (χ0v) is 23.8. The molecule has 0 atom stereocenters. The van der Waals surface area contributed by atoms with E-state index in [9.17, 15) is 29.8 Å². The molecule has 220 valence electrons. The van der Waals surface area contributed by atoms with Crippen molar-refractivity contribution >= 4 is 22.9 Å². The summed E-state index contributed by atoms with van der Waals surface area (Å²) in [5.74, 6) is 0.107. The summed E-state index contributed by atoms with van der Waals surface area (Å²) < 4.78 is 12.3. The number of benzene rings is 4. The lowest BCUT2D eigenvalue weighted by Gasteiger charge is -2.10. The van der Waals surface area contributed by atoms with Gasteiger partial charge in [0.2, 0.25) is 0 Å². The van der Waals surface area contributed by atoms with Crippen LogP contribution in [-0.4, -0.2) is 40.2 Å². The lowest BCUT2D eigenvalue weighted by atomic mass is 9.90. The van der Waals surface area contributed by atoms with Crippen molar-refractivity contribution in [1.29, 1.82) is 0 Å². The van der Waals surface area contributed by atoms with Crippen molar-refractivity contribution in [1.82, 2.24) is 4.57 Å². The minimum Gasteiger partial charge on any atom is -0.497 e. The van der Waals surface area contributed by atoms with Crippen LogP contribution in [0, 0.1) is 20.2 Å². The summed E-state index contributed by atoms with van der Waals surface area (Å²) in [6.07, 6.45) is 0. The van der Waals surface area contributed by atoms with Crippen molar-refractivity contribution < 1.29 is 28.9 Å². The molecule has 0 fully saturated rings. The summed E-state index contributed by atoms with van der Waals surface area (Å²) in [6, 6.07) is 24.2. The van der Waals surface area contributed by atoms with Crippen LogP contribution in [0.1, 0.15) is 31.8 Å². The topological polar surface area (TPSA) is 144 Å². The first-order valence-corrected chi connectivity index (χ1v) is 13.2. The van der Waals surface area contributed by atoms with E-state index in [2.05, 4.69) is 0 Å². The van der Waals surface area contributed by atoms with Crippen LogP contribution < -0.4 is 9.47 Å². The number of rotatable bonds is 10. The number of nitro groups is 2. The molecule has 0 N–H and O–H groups in total. The SMILES string of the molecule is COc1ccc(C(=O)c2c(C(=O)c3ccc([N+](=O)[O-])cc3)c(-c3ccc(OC)cc3)n(C)c2-c2ccc([N+](=O)[O-])cc2)cc1. The van der Waals surface area contributed by atoms with Gasteiger partial charge < -0.3 is 14.0 Å². The first-order valence-electron chi connectivity index (χ1n) is 13.2. The Kier molecular flexibility index (Phi) is 8.03. The number of methoxy groups -OCH3 is 2. The molecule has 1 aromatic heterocycles. The van der Waals surface area contributed by atoms with Gasteiger partial charge in [-0.05, 0) is 83.9 Å². The molecule has 0 saturated heterocycles. The monoisotopic (exact) mass is 591 g/mol. The molecule has 0 amide bonds. The highest BCUT2D eigenvalue weighted by Gasteiger charge is 2.33. The normalized spacial score (nSPS) is 10.7. The molecule has 5 aromatic rings. The van der Waals surface area contributed by atoms with Gasteiger partial charge in [-0.2, -0.15) is 0 Å². The van der Waals surface area contributed by atoms with E-state index in [1.165, 1.54) is 62.8 Å². The van der Waals surface area contributed by atoms with E-state index in [1.54, 1.807) is 60.1 Å². The zero-order chi connectivity index (χ0) is 31.5. The van der Waals surface area contributed by atoms with E-state index < -0.39 is 21.4 Å². The fourth-order valence-corrected chi connectivity index (χ4v) is 5.06. The fourth-order valence-electron chi connectivity index (χ4n) is 5.06. The lowest BCUT2D eigenvalue weighted by molar-refractivity contribution is -0.385. The molecule has 0 bridgehead atoms. The molecule has 0 aliphatic heterocycles. The van der Waals surface area contributed by atoms with Gasteiger partial charge in [0.1, 0.15) is 11.5 Å². The second-order valence-electron chi connectivity index (χ2n) is 9.73. The highest BCUT2D eigenvalue weighted by Crippen LogP contribution is 2.40. The van der Waals surface area contributed by atoms with Crippen molar-refractivity contribution in [2.75, 3.05) is 14.2 Å². The smallest absolute Gasteiger partial charge is 0.269 e. The molecule has 5 rings (SSSR count). The molecular weight excluding hydrogens is 566 g/mol. The molecule has 0 saturated carbocycles. The van der Waals surface area contributed by atoms with Gasteiger partial charge in [-0.15, -0.1) is 0 Å². The summed E-state index contributed by atoms with van der Waals surface area (Å²) >= 11 is 0. The molecule has 44 heavy (non-hydrogen) atoms. The summed E-state index contributed by atoms with van der Waals surface area (Å²) in [7, 11) is 4.73. The number of hydrogen-bond donors (Lipinski definition) is 0. The third kappa shape index (κ3) is 5.41. The Bertz CT molecular complexity index is 1890. The molecule has 0 unspecified atom stereocenters. The molecule has 0 aliphatic rings. The molecule has 11 nitrogen and oxygen atoms in total. The molecule has 0 radical (unpaired) electrons. The number of non-ortho nitro benzene ring substituents is 2. The van der Waals surface area contributed by atoms with Gasteiger partial charge in [0.05, 0.1) is 46.6 Å². The predicted molar refractivity (Wildman–Crippen MR) is 162 cm³/mol. The number of carbonyl (C=O) groups is 2. The molecule has 0 aliphatic carbocycles. The summed E-state index contributed by atoms with van der Waals surface area (Å²) in [4.78, 5) is 50.3. The van der Waals surface area contributed by atoms with Crippen molar-refractivity contribution in [2.45, 2.75) is 0 Å². The average Bonchev–Trinajstić information content (AvgIpc) is 3.36. The summed E-state index contributed by atoms with van der Waals surface area (Å²) in [5, 5.41) is 22.6. The number of nitrogens with zero attached hydrogens (tertiary/aromatic N) is 3. The van der Waals surface area contributed by atoms with Crippen molar-refractivity contribution in [3.05, 3.63) is 140 Å². The maximum absolute atomic E-state index is 14.4. The maximum Gasteiger partial charge on any atom is 0.269 e. The number of aromatic nitrogens is 1. The molecule has 1 heterocycles. The van der Waals surface area contributed by atoms with Gasteiger partial charge in [0.15, 0.2) is 11.6 Å². The first-order chi connectivity index (χ1) is 21.1. The highest BCUT2D eigenvalue weighted by molar-refractivity contribution is 6.25. The lowest BCUT2D eigenvalue weighted by Crippen LogP contribution is -2.11. The van der Waals surface area contributed by atoms with Crippen molar-refractivity contribution in [2.24, 2.45) is 7.05 Å². The van der Waals surface area contributed by atoms with E-state index in [1.807, 2.05) is 0 Å². The van der Waals surface area contributed by atoms with Gasteiger partial charge in [-0.1, -0.05) is 0 Å². The Morgan fingerprint density at radius 1 is 0.568 bits per heavy atom. The maximum atomic E-state index is 14.4. The minimum atomic E-state index is -0.565. The third-order valence-corrected chi connectivity index (χ3v) is 7.26. The standard InChI is InChI=1S/C33H25N3O8/c1-34-30(20-4-12-24(13-5-20)35(39)40)28(33(38)23-10-18-27(44-3)19-11-23)29(31(34)21-8-16-26(43-2)17-9-21)32(37)22-6-14-25(15-7-22)36(41)42/h4-19H,1-3H3. The van der Waals surface area contributed by atoms with Gasteiger partial charge in [-0.3, -0.25) is 29.8 Å². The Morgan fingerprint density at radius 2 is 0.886 bits per heavy atom.